The van der Waals surface area contributed by atoms with Crippen molar-refractivity contribution in [2.45, 2.75) is 132 Å². The summed E-state index contributed by atoms with van der Waals surface area (Å²) in [7, 11) is -3.60. The molecule has 1 heterocycles. The number of phenolic OH excluding ortho intramolecular Hbond substituents is 1. The number of aromatic hydroxyl groups is 1. The molecule has 2 aromatic rings. The summed E-state index contributed by atoms with van der Waals surface area (Å²) >= 11 is 1.78. The standard InChI is InChI=1S/C35H50O3S2/c1-23(2)13-12-14-25(4)19-27(40(37,38)26-17-15-24(3)16-18-26)21-35(11)22-28-30(39-35)20-29(33(5,6)7)32(36)31(28)34(8,9)10/h13,15-20,27,36H,12,14,21-22H2,1-11H3/b25-19+. The van der Waals surface area contributed by atoms with Crippen LogP contribution in [0.4, 0.5) is 0 Å². The number of benzene rings is 2. The second-order valence-corrected chi connectivity index (χ2v) is 18.1. The summed E-state index contributed by atoms with van der Waals surface area (Å²) in [5, 5.41) is 10.9. The van der Waals surface area contributed by atoms with Crippen LogP contribution in [0.15, 0.2) is 63.4 Å². The molecule has 0 saturated heterocycles. The Morgan fingerprint density at radius 2 is 1.65 bits per heavy atom. The Balaban J connectivity index is 2.08. The molecule has 2 aromatic carbocycles. The highest BCUT2D eigenvalue weighted by molar-refractivity contribution is 8.01. The maximum Gasteiger partial charge on any atom is 0.184 e. The van der Waals surface area contributed by atoms with E-state index in [-0.39, 0.29) is 15.6 Å². The van der Waals surface area contributed by atoms with Crippen LogP contribution in [0.3, 0.4) is 0 Å². The minimum Gasteiger partial charge on any atom is -0.507 e. The normalized spacial score (nSPS) is 18.9. The average molecular weight is 583 g/mol. The van der Waals surface area contributed by atoms with E-state index in [0.717, 1.165) is 41.5 Å². The summed E-state index contributed by atoms with van der Waals surface area (Å²) in [6, 6.07) is 9.40. The molecule has 1 aliphatic heterocycles. The summed E-state index contributed by atoms with van der Waals surface area (Å²) in [5.41, 5.74) is 6.09. The van der Waals surface area contributed by atoms with E-state index in [2.05, 4.69) is 81.4 Å². The molecule has 0 aliphatic carbocycles. The molecule has 0 bridgehead atoms. The number of hydrogen-bond donors (Lipinski definition) is 1. The van der Waals surface area contributed by atoms with E-state index in [1.807, 2.05) is 25.1 Å². The van der Waals surface area contributed by atoms with Gasteiger partial charge in [0, 0.05) is 20.8 Å². The van der Waals surface area contributed by atoms with E-state index >= 15 is 0 Å². The summed E-state index contributed by atoms with van der Waals surface area (Å²) in [4.78, 5) is 1.55. The van der Waals surface area contributed by atoms with Gasteiger partial charge in [-0.2, -0.15) is 0 Å². The minimum absolute atomic E-state index is 0.207. The Labute approximate surface area is 248 Å². The number of aryl methyl sites for hydroxylation is 1. The number of rotatable bonds is 8. The molecule has 5 heteroatoms. The lowest BCUT2D eigenvalue weighted by molar-refractivity contribution is 0.418. The molecule has 3 nitrogen and oxygen atoms in total. The Kier molecular flexibility index (Phi) is 9.53. The summed E-state index contributed by atoms with van der Waals surface area (Å²) in [6.07, 6.45) is 7.18. The molecule has 1 N–H and O–H groups in total. The number of sulfone groups is 1. The fourth-order valence-electron chi connectivity index (χ4n) is 5.70. The summed E-state index contributed by atoms with van der Waals surface area (Å²) < 4.78 is 27.9. The van der Waals surface area contributed by atoms with Crippen LogP contribution in [0, 0.1) is 6.92 Å². The van der Waals surface area contributed by atoms with Crippen LogP contribution in [0.1, 0.15) is 111 Å². The van der Waals surface area contributed by atoms with Gasteiger partial charge in [-0.25, -0.2) is 8.42 Å². The molecule has 220 valence electrons. The first-order chi connectivity index (χ1) is 18.2. The highest BCUT2D eigenvalue weighted by atomic mass is 32.2. The monoisotopic (exact) mass is 582 g/mol. The van der Waals surface area contributed by atoms with E-state index in [9.17, 15) is 13.5 Å². The maximum atomic E-state index is 14.1. The predicted octanol–water partition coefficient (Wildman–Crippen LogP) is 9.63. The van der Waals surface area contributed by atoms with Crippen molar-refractivity contribution in [2.24, 2.45) is 0 Å². The lowest BCUT2D eigenvalue weighted by Crippen LogP contribution is -2.31. The van der Waals surface area contributed by atoms with Crippen molar-refractivity contribution in [2.75, 3.05) is 0 Å². The Hall–Kier alpha value is -1.98. The fourth-order valence-corrected chi connectivity index (χ4v) is 9.15. The van der Waals surface area contributed by atoms with Gasteiger partial charge in [0.2, 0.25) is 0 Å². The second-order valence-electron chi connectivity index (χ2n) is 14.3. The van der Waals surface area contributed by atoms with Gasteiger partial charge in [0.25, 0.3) is 0 Å². The van der Waals surface area contributed by atoms with Gasteiger partial charge in [-0.05, 0) is 94.9 Å². The SMILES string of the molecule is CC(C)=CCC/C(C)=C/C(CC1(C)Cc2c(cc(C(C)(C)C)c(O)c2C(C)(C)C)S1)S(=O)(=O)c1ccc(C)cc1. The fraction of sp³-hybridized carbons (Fsp3) is 0.543. The second kappa shape index (κ2) is 11.7. The molecular weight excluding hydrogens is 533 g/mol. The van der Waals surface area contributed by atoms with E-state index in [4.69, 9.17) is 0 Å². The number of fused-ring (bicyclic) bond motifs is 1. The molecule has 0 radical (unpaired) electrons. The van der Waals surface area contributed by atoms with Crippen molar-refractivity contribution in [3.8, 4) is 5.75 Å². The highest BCUT2D eigenvalue weighted by Crippen LogP contribution is 2.55. The van der Waals surface area contributed by atoms with E-state index in [1.165, 1.54) is 16.0 Å². The van der Waals surface area contributed by atoms with Crippen LogP contribution in [-0.4, -0.2) is 23.5 Å². The molecule has 3 rings (SSSR count). The zero-order valence-electron chi connectivity index (χ0n) is 26.5. The first kappa shape index (κ1) is 32.5. The molecule has 0 fully saturated rings. The summed E-state index contributed by atoms with van der Waals surface area (Å²) in [5.74, 6) is 0.391. The van der Waals surface area contributed by atoms with Gasteiger partial charge in [-0.3, -0.25) is 0 Å². The first-order valence-electron chi connectivity index (χ1n) is 14.4. The van der Waals surface area contributed by atoms with Crippen molar-refractivity contribution in [3.05, 3.63) is 75.9 Å². The van der Waals surface area contributed by atoms with Crippen molar-refractivity contribution in [3.63, 3.8) is 0 Å². The van der Waals surface area contributed by atoms with Gasteiger partial charge in [0.15, 0.2) is 9.84 Å². The van der Waals surface area contributed by atoms with Gasteiger partial charge < -0.3 is 5.11 Å². The van der Waals surface area contributed by atoms with Crippen molar-refractivity contribution < 1.29 is 13.5 Å². The van der Waals surface area contributed by atoms with E-state index < -0.39 is 15.1 Å². The van der Waals surface area contributed by atoms with Crippen LogP contribution in [0.5, 0.6) is 5.75 Å². The van der Waals surface area contributed by atoms with Crippen LogP contribution in [-0.2, 0) is 27.1 Å². The molecule has 40 heavy (non-hydrogen) atoms. The molecule has 1 aliphatic rings. The van der Waals surface area contributed by atoms with Crippen molar-refractivity contribution in [1.82, 2.24) is 0 Å². The molecule has 0 spiro atoms. The van der Waals surface area contributed by atoms with Crippen LogP contribution < -0.4 is 0 Å². The number of thioether (sulfide) groups is 1. The van der Waals surface area contributed by atoms with Crippen LogP contribution in [0.25, 0.3) is 0 Å². The third kappa shape index (κ3) is 7.45. The molecule has 0 amide bonds. The minimum atomic E-state index is -3.60. The van der Waals surface area contributed by atoms with Crippen molar-refractivity contribution in [1.29, 1.82) is 0 Å². The number of phenols is 1. The third-order valence-electron chi connectivity index (χ3n) is 7.77. The smallest absolute Gasteiger partial charge is 0.184 e. The lowest BCUT2D eigenvalue weighted by Gasteiger charge is -2.30. The zero-order valence-corrected chi connectivity index (χ0v) is 28.2. The van der Waals surface area contributed by atoms with E-state index in [1.54, 1.807) is 23.9 Å². The Morgan fingerprint density at radius 3 is 2.17 bits per heavy atom. The quantitative estimate of drug-likeness (QED) is 0.315. The van der Waals surface area contributed by atoms with Crippen molar-refractivity contribution >= 4 is 21.6 Å². The predicted molar refractivity (Wildman–Crippen MR) is 173 cm³/mol. The lowest BCUT2D eigenvalue weighted by atomic mass is 9.76. The van der Waals surface area contributed by atoms with Gasteiger partial charge in [-0.1, -0.05) is 82.5 Å². The van der Waals surface area contributed by atoms with Crippen LogP contribution >= 0.6 is 11.8 Å². The van der Waals surface area contributed by atoms with Gasteiger partial charge in [0.1, 0.15) is 5.75 Å². The number of allylic oxidation sites excluding steroid dienone is 3. The van der Waals surface area contributed by atoms with E-state index in [0.29, 0.717) is 17.1 Å². The molecule has 2 atom stereocenters. The topological polar surface area (TPSA) is 54.4 Å². The maximum absolute atomic E-state index is 14.1. The van der Waals surface area contributed by atoms with Gasteiger partial charge >= 0.3 is 0 Å². The summed E-state index contributed by atoms with van der Waals surface area (Å²) in [6.45, 7) is 23.3. The van der Waals surface area contributed by atoms with Gasteiger partial charge in [0.05, 0.1) is 10.1 Å². The highest BCUT2D eigenvalue weighted by Gasteiger charge is 2.43. The molecule has 0 aromatic heterocycles. The molecular formula is C35H50O3S2. The zero-order chi connectivity index (χ0) is 30.3. The third-order valence-corrected chi connectivity index (χ3v) is 11.2. The largest absolute Gasteiger partial charge is 0.507 e. The molecule has 0 saturated carbocycles. The van der Waals surface area contributed by atoms with Gasteiger partial charge in [-0.15, -0.1) is 11.8 Å². The average Bonchev–Trinajstić information content (AvgIpc) is 3.11. The molecule has 2 unspecified atom stereocenters. The Morgan fingerprint density at radius 1 is 1.05 bits per heavy atom. The first-order valence-corrected chi connectivity index (χ1v) is 16.8. The Bertz CT molecular complexity index is 1390. The van der Waals surface area contributed by atoms with Crippen LogP contribution in [0.2, 0.25) is 0 Å². The number of hydrogen-bond acceptors (Lipinski definition) is 4.